The average molecular weight is 815 g/mol. The highest BCUT2D eigenvalue weighted by atomic mass is 32.1. The van der Waals surface area contributed by atoms with Gasteiger partial charge in [0.1, 0.15) is 11.4 Å². The van der Waals surface area contributed by atoms with Gasteiger partial charge in [0.15, 0.2) is 0 Å². The fraction of sp³-hybridized carbons (Fsp3) is 0.830. The van der Waals surface area contributed by atoms with E-state index in [4.69, 9.17) is 4.74 Å². The first-order valence-electron chi connectivity index (χ1n) is 24.0. The average Bonchev–Trinajstić information content (AvgIpc) is 3.84. The van der Waals surface area contributed by atoms with Gasteiger partial charge in [-0.1, -0.05) is 207 Å². The van der Waals surface area contributed by atoms with Gasteiger partial charge in [0.05, 0.1) is 9.75 Å². The fourth-order valence-electron chi connectivity index (χ4n) is 9.15. The smallest absolute Gasteiger partial charge is 0.481 e. The number of fused-ring (bicyclic) bond motifs is 3. The second kappa shape index (κ2) is 29.4. The Morgan fingerprint density at radius 1 is 0.464 bits per heavy atom. The van der Waals surface area contributed by atoms with Gasteiger partial charge in [0.25, 0.3) is 0 Å². The quantitative estimate of drug-likeness (QED) is 0.0406. The maximum atomic E-state index is 10.5. The molecule has 2 unspecified atom stereocenters. The molecule has 5 nitrogen and oxygen atoms in total. The van der Waals surface area contributed by atoms with E-state index in [1.54, 1.807) is 0 Å². The lowest BCUT2D eigenvalue weighted by molar-refractivity contribution is 0.0299. The highest BCUT2D eigenvalue weighted by Gasteiger charge is 2.44. The zero-order chi connectivity index (χ0) is 40.4. The number of hydrogen-bond donors (Lipinski definition) is 4. The van der Waals surface area contributed by atoms with Crippen molar-refractivity contribution in [3.8, 4) is 15.5 Å². The minimum Gasteiger partial charge on any atom is -0.481 e. The van der Waals surface area contributed by atoms with E-state index >= 15 is 0 Å². The van der Waals surface area contributed by atoms with Gasteiger partial charge in [-0.05, 0) is 49.7 Å². The lowest BCUT2D eigenvalue weighted by Crippen LogP contribution is -2.37. The molecule has 320 valence electrons. The summed E-state index contributed by atoms with van der Waals surface area (Å²) in [5.41, 5.74) is 0.514. The highest BCUT2D eigenvalue weighted by Crippen LogP contribution is 2.54. The second-order valence-corrected chi connectivity index (χ2v) is 19.8. The monoisotopic (exact) mass is 815 g/mol. The van der Waals surface area contributed by atoms with Crippen LogP contribution in [0, 0.1) is 11.8 Å². The van der Waals surface area contributed by atoms with Crippen molar-refractivity contribution >= 4 is 46.5 Å². The molecular formula is C47H84B2O5S2. The van der Waals surface area contributed by atoms with Crippen LogP contribution >= 0.6 is 22.7 Å². The van der Waals surface area contributed by atoms with Gasteiger partial charge in [0.2, 0.25) is 0 Å². The van der Waals surface area contributed by atoms with E-state index in [0.717, 1.165) is 46.8 Å². The zero-order valence-corrected chi connectivity index (χ0v) is 38.2. The number of thiophene rings is 2. The predicted octanol–water partition coefficient (Wildman–Crippen LogP) is 13.2. The fourth-order valence-corrected chi connectivity index (χ4v) is 11.4. The van der Waals surface area contributed by atoms with E-state index in [1.807, 2.05) is 12.1 Å². The van der Waals surface area contributed by atoms with E-state index in [0.29, 0.717) is 21.4 Å². The Morgan fingerprint density at radius 3 is 1.18 bits per heavy atom. The van der Waals surface area contributed by atoms with E-state index in [2.05, 4.69) is 27.7 Å². The first-order chi connectivity index (χ1) is 27.3. The molecule has 0 saturated carbocycles. The minimum atomic E-state index is -1.56. The number of rotatable bonds is 36. The van der Waals surface area contributed by atoms with Crippen LogP contribution < -0.4 is 14.3 Å². The maximum absolute atomic E-state index is 10.5. The maximum Gasteiger partial charge on any atom is 0.499 e. The van der Waals surface area contributed by atoms with Gasteiger partial charge in [-0.3, -0.25) is 0 Å². The third kappa shape index (κ3) is 17.8. The number of unbranched alkanes of at least 4 members (excludes halogenated alkanes) is 20. The predicted molar refractivity (Wildman–Crippen MR) is 247 cm³/mol. The molecule has 3 heterocycles. The number of ether oxygens (including phenoxy) is 1. The summed E-state index contributed by atoms with van der Waals surface area (Å²) >= 11 is 2.80. The standard InChI is InChI=1S/C47H84B2O5S2/c1-5-9-13-17-19-23-27-31-39(29-25-21-15-11-7-3)33-35-47(36-34-40(30-26-22-16-12-8-4)32-28-24-20-18-14-10-6-2)41-37-43(48(50)51)55-45(41)46-42(54-47)38-44(56-46)49(52)53/h37-40,50-53H,5-36H2,1-4H3. The normalized spacial score (nSPS) is 16.1. The molecule has 0 bridgehead atoms. The van der Waals surface area contributed by atoms with Gasteiger partial charge in [0, 0.05) is 15.1 Å². The Bertz CT molecular complexity index is 1220. The summed E-state index contributed by atoms with van der Waals surface area (Å²) < 4.78 is 8.30. The molecule has 2 aromatic heterocycles. The largest absolute Gasteiger partial charge is 0.499 e. The van der Waals surface area contributed by atoms with Crippen LogP contribution in [-0.4, -0.2) is 34.3 Å². The van der Waals surface area contributed by atoms with Crippen molar-refractivity contribution in [1.82, 2.24) is 0 Å². The third-order valence-electron chi connectivity index (χ3n) is 12.8. The van der Waals surface area contributed by atoms with Crippen LogP contribution in [0.5, 0.6) is 5.75 Å². The van der Waals surface area contributed by atoms with Gasteiger partial charge in [-0.2, -0.15) is 0 Å². The van der Waals surface area contributed by atoms with Crippen molar-refractivity contribution in [2.24, 2.45) is 11.8 Å². The molecule has 0 spiro atoms. The molecule has 1 aliphatic rings. The van der Waals surface area contributed by atoms with Crippen LogP contribution in [-0.2, 0) is 5.60 Å². The summed E-state index contributed by atoms with van der Waals surface area (Å²) in [6.45, 7) is 9.17. The first-order valence-corrected chi connectivity index (χ1v) is 25.6. The molecule has 0 fully saturated rings. The topological polar surface area (TPSA) is 90.2 Å². The summed E-state index contributed by atoms with van der Waals surface area (Å²) in [4.78, 5) is 1.92. The summed E-state index contributed by atoms with van der Waals surface area (Å²) in [7, 11) is -3.11. The Morgan fingerprint density at radius 2 is 0.804 bits per heavy atom. The van der Waals surface area contributed by atoms with E-state index < -0.39 is 19.8 Å². The van der Waals surface area contributed by atoms with Crippen molar-refractivity contribution in [3.63, 3.8) is 0 Å². The molecule has 0 saturated heterocycles. The Kier molecular flexibility index (Phi) is 26.0. The van der Waals surface area contributed by atoms with E-state index in [9.17, 15) is 20.1 Å². The number of hydrogen-bond acceptors (Lipinski definition) is 7. The van der Waals surface area contributed by atoms with Crippen LogP contribution in [0.25, 0.3) is 9.75 Å². The van der Waals surface area contributed by atoms with Gasteiger partial charge in [-0.25, -0.2) is 0 Å². The van der Waals surface area contributed by atoms with Crippen molar-refractivity contribution in [3.05, 3.63) is 17.7 Å². The van der Waals surface area contributed by atoms with Crippen LogP contribution in [0.2, 0.25) is 0 Å². The van der Waals surface area contributed by atoms with Gasteiger partial charge < -0.3 is 24.8 Å². The van der Waals surface area contributed by atoms with Crippen LogP contribution in [0.4, 0.5) is 0 Å². The molecule has 4 N–H and O–H groups in total. The molecule has 0 amide bonds. The van der Waals surface area contributed by atoms with Crippen molar-refractivity contribution in [2.75, 3.05) is 0 Å². The summed E-state index contributed by atoms with van der Waals surface area (Å²) in [6.07, 6.45) is 40.9. The van der Waals surface area contributed by atoms with E-state index in [1.165, 1.54) is 202 Å². The molecule has 0 radical (unpaired) electrons. The lowest BCUT2D eigenvalue weighted by Gasteiger charge is -2.40. The molecule has 2 aromatic rings. The van der Waals surface area contributed by atoms with Crippen LogP contribution in [0.1, 0.15) is 239 Å². The van der Waals surface area contributed by atoms with Gasteiger partial charge in [-0.15, -0.1) is 22.7 Å². The van der Waals surface area contributed by atoms with Crippen LogP contribution in [0.15, 0.2) is 12.1 Å². The molecule has 0 aliphatic carbocycles. The Balaban J connectivity index is 1.89. The molecular weight excluding hydrogens is 730 g/mol. The summed E-state index contributed by atoms with van der Waals surface area (Å²) in [6, 6.07) is 3.86. The molecule has 9 heteroatoms. The molecule has 0 aromatic carbocycles. The van der Waals surface area contributed by atoms with Crippen molar-refractivity contribution < 1.29 is 24.8 Å². The first kappa shape index (κ1) is 49.5. The van der Waals surface area contributed by atoms with Crippen molar-refractivity contribution in [2.45, 2.75) is 239 Å². The van der Waals surface area contributed by atoms with Gasteiger partial charge >= 0.3 is 14.2 Å². The SMILES string of the molecule is CCCCCCCCCC(CCCCCCC)CCC1(CCC(CCCCCCC)CCCCCCCCC)Oc2cc(B(O)O)sc2-c2sc(B(O)O)cc21. The summed E-state index contributed by atoms with van der Waals surface area (Å²) in [5, 5.41) is 41.4. The van der Waals surface area contributed by atoms with E-state index in [-0.39, 0.29) is 0 Å². The highest BCUT2D eigenvalue weighted by molar-refractivity contribution is 7.31. The molecule has 1 aliphatic heterocycles. The summed E-state index contributed by atoms with van der Waals surface area (Å²) in [5.74, 6) is 2.04. The van der Waals surface area contributed by atoms with Crippen LogP contribution in [0.3, 0.4) is 0 Å². The Hall–Kier alpha value is -0.830. The second-order valence-electron chi connectivity index (χ2n) is 17.6. The molecule has 56 heavy (non-hydrogen) atoms. The third-order valence-corrected chi connectivity index (χ3v) is 15.3. The Labute approximate surface area is 353 Å². The zero-order valence-electron chi connectivity index (χ0n) is 36.6. The van der Waals surface area contributed by atoms with Crippen molar-refractivity contribution in [1.29, 1.82) is 0 Å². The molecule has 2 atom stereocenters. The lowest BCUT2D eigenvalue weighted by atomic mass is 9.76. The molecule has 3 rings (SSSR count). The minimum absolute atomic E-state index is 0.476.